The van der Waals surface area contributed by atoms with Crippen LogP contribution in [0, 0.1) is 0 Å². The topological polar surface area (TPSA) is 30.0 Å². The Morgan fingerprint density at radius 2 is 1.59 bits per heavy atom. The highest BCUT2D eigenvalue weighted by Crippen LogP contribution is 2.09. The fourth-order valence-corrected chi connectivity index (χ4v) is 1.72. The Morgan fingerprint density at radius 3 is 2.18 bits per heavy atom. The van der Waals surface area contributed by atoms with E-state index in [4.69, 9.17) is 0 Å². The van der Waals surface area contributed by atoms with Crippen LogP contribution in [0.2, 0.25) is 0 Å². The van der Waals surface area contributed by atoms with Crippen LogP contribution in [0.3, 0.4) is 0 Å². The van der Waals surface area contributed by atoms with Crippen molar-refractivity contribution in [1.29, 1.82) is 0 Å². The molecule has 1 heterocycles. The summed E-state index contributed by atoms with van der Waals surface area (Å²) in [6.45, 7) is 2.12. The van der Waals surface area contributed by atoms with Crippen molar-refractivity contribution in [3.05, 3.63) is 65.5 Å². The third-order valence-electron chi connectivity index (χ3n) is 2.80. The van der Waals surface area contributed by atoms with Crippen LogP contribution in [-0.4, -0.2) is 10.8 Å². The van der Waals surface area contributed by atoms with E-state index in [1.165, 1.54) is 5.56 Å². The number of hydrogen-bond donors (Lipinski definition) is 0. The Labute approximate surface area is 101 Å². The molecule has 2 aromatic rings. The van der Waals surface area contributed by atoms with E-state index in [0.717, 1.165) is 17.5 Å². The van der Waals surface area contributed by atoms with Crippen LogP contribution in [0.1, 0.15) is 28.4 Å². The molecule has 0 saturated carbocycles. The second-order valence-corrected chi connectivity index (χ2v) is 4.01. The summed E-state index contributed by atoms with van der Waals surface area (Å²) in [5.41, 5.74) is 3.08. The van der Waals surface area contributed by atoms with Crippen LogP contribution in [0.25, 0.3) is 0 Å². The molecule has 0 N–H and O–H groups in total. The number of benzene rings is 1. The maximum Gasteiger partial charge on any atom is 0.167 e. The normalized spacial score (nSPS) is 10.2. The van der Waals surface area contributed by atoms with E-state index in [1.54, 1.807) is 24.5 Å². The average molecular weight is 225 g/mol. The second kappa shape index (κ2) is 5.39. The van der Waals surface area contributed by atoms with Gasteiger partial charge in [0.1, 0.15) is 0 Å². The highest BCUT2D eigenvalue weighted by Gasteiger charge is 2.06. The van der Waals surface area contributed by atoms with Gasteiger partial charge in [-0.1, -0.05) is 31.2 Å². The molecule has 0 bridgehead atoms. The minimum absolute atomic E-state index is 0.136. The van der Waals surface area contributed by atoms with Gasteiger partial charge in [-0.05, 0) is 29.7 Å². The van der Waals surface area contributed by atoms with Gasteiger partial charge in [0.15, 0.2) is 5.78 Å². The molecule has 0 aliphatic rings. The van der Waals surface area contributed by atoms with E-state index >= 15 is 0 Å². The monoisotopic (exact) mass is 225 g/mol. The van der Waals surface area contributed by atoms with Crippen molar-refractivity contribution in [3.63, 3.8) is 0 Å². The lowest BCUT2D eigenvalue weighted by molar-refractivity contribution is 0.0993. The molecule has 0 aliphatic carbocycles. The van der Waals surface area contributed by atoms with Gasteiger partial charge >= 0.3 is 0 Å². The molecule has 1 aromatic heterocycles. The summed E-state index contributed by atoms with van der Waals surface area (Å²) in [6.07, 6.45) is 4.77. The van der Waals surface area contributed by atoms with Gasteiger partial charge in [0.2, 0.25) is 0 Å². The molecule has 0 atom stereocenters. The van der Waals surface area contributed by atoms with Crippen molar-refractivity contribution >= 4 is 5.78 Å². The highest BCUT2D eigenvalue weighted by atomic mass is 16.1. The molecule has 2 rings (SSSR count). The molecule has 86 valence electrons. The molecule has 0 saturated heterocycles. The summed E-state index contributed by atoms with van der Waals surface area (Å²) in [7, 11) is 0. The van der Waals surface area contributed by atoms with E-state index < -0.39 is 0 Å². The summed E-state index contributed by atoms with van der Waals surface area (Å²) in [6, 6.07) is 11.7. The van der Waals surface area contributed by atoms with Gasteiger partial charge in [-0.3, -0.25) is 9.78 Å². The van der Waals surface area contributed by atoms with Gasteiger partial charge < -0.3 is 0 Å². The molecule has 0 unspecified atom stereocenters. The maximum absolute atomic E-state index is 11.9. The summed E-state index contributed by atoms with van der Waals surface area (Å²) >= 11 is 0. The standard InChI is InChI=1S/C15H15NO/c1-2-12-3-5-13(6-4-12)11-15(17)14-7-9-16-10-8-14/h3-10H,2,11H2,1H3. The first-order chi connectivity index (χ1) is 8.29. The first-order valence-electron chi connectivity index (χ1n) is 5.80. The number of ketones is 1. The first kappa shape index (κ1) is 11.5. The van der Waals surface area contributed by atoms with Crippen LogP contribution in [0.5, 0.6) is 0 Å². The SMILES string of the molecule is CCc1ccc(CC(=O)c2ccncc2)cc1. The molecule has 0 radical (unpaired) electrons. The number of pyridine rings is 1. The van der Waals surface area contributed by atoms with E-state index in [9.17, 15) is 4.79 Å². The minimum Gasteiger partial charge on any atom is -0.294 e. The maximum atomic E-state index is 11.9. The predicted octanol–water partition coefficient (Wildman–Crippen LogP) is 3.07. The smallest absolute Gasteiger partial charge is 0.167 e. The Bertz CT molecular complexity index is 488. The van der Waals surface area contributed by atoms with Crippen LogP contribution < -0.4 is 0 Å². The number of carbonyl (C=O) groups excluding carboxylic acids is 1. The average Bonchev–Trinajstić information content (AvgIpc) is 2.40. The number of aromatic nitrogens is 1. The van der Waals surface area contributed by atoms with Gasteiger partial charge in [-0.2, -0.15) is 0 Å². The van der Waals surface area contributed by atoms with E-state index in [2.05, 4.69) is 24.0 Å². The number of hydrogen-bond acceptors (Lipinski definition) is 2. The Morgan fingerprint density at radius 1 is 1.00 bits per heavy atom. The largest absolute Gasteiger partial charge is 0.294 e. The Kier molecular flexibility index (Phi) is 3.66. The number of Topliss-reactive ketones (excluding diaryl/α,β-unsaturated/α-hetero) is 1. The van der Waals surface area contributed by atoms with Gasteiger partial charge in [0.05, 0.1) is 0 Å². The highest BCUT2D eigenvalue weighted by molar-refractivity contribution is 5.97. The van der Waals surface area contributed by atoms with Crippen LogP contribution in [0.4, 0.5) is 0 Å². The summed E-state index contributed by atoms with van der Waals surface area (Å²) < 4.78 is 0. The van der Waals surface area contributed by atoms with Crippen molar-refractivity contribution in [2.45, 2.75) is 19.8 Å². The van der Waals surface area contributed by atoms with Gasteiger partial charge in [0, 0.05) is 24.4 Å². The molecule has 0 amide bonds. The first-order valence-corrected chi connectivity index (χ1v) is 5.80. The Balaban J connectivity index is 2.08. The van der Waals surface area contributed by atoms with E-state index in [1.807, 2.05) is 12.1 Å². The van der Waals surface area contributed by atoms with Crippen molar-refractivity contribution in [2.75, 3.05) is 0 Å². The molecule has 0 fully saturated rings. The molecule has 2 nitrogen and oxygen atoms in total. The summed E-state index contributed by atoms with van der Waals surface area (Å²) in [4.78, 5) is 15.8. The van der Waals surface area contributed by atoms with Crippen LogP contribution >= 0.6 is 0 Å². The number of carbonyl (C=O) groups is 1. The molecular formula is C15H15NO. The van der Waals surface area contributed by atoms with E-state index in [0.29, 0.717) is 6.42 Å². The molecule has 0 spiro atoms. The fraction of sp³-hybridized carbons (Fsp3) is 0.200. The fourth-order valence-electron chi connectivity index (χ4n) is 1.72. The molecule has 2 heteroatoms. The molecule has 17 heavy (non-hydrogen) atoms. The minimum atomic E-state index is 0.136. The quantitative estimate of drug-likeness (QED) is 0.748. The lowest BCUT2D eigenvalue weighted by atomic mass is 10.0. The zero-order chi connectivity index (χ0) is 12.1. The Hall–Kier alpha value is -1.96. The summed E-state index contributed by atoms with van der Waals surface area (Å²) in [5, 5.41) is 0. The molecular weight excluding hydrogens is 210 g/mol. The van der Waals surface area contributed by atoms with Crippen molar-refractivity contribution in [3.8, 4) is 0 Å². The molecule has 0 aliphatic heterocycles. The molecule has 1 aromatic carbocycles. The second-order valence-electron chi connectivity index (χ2n) is 4.01. The van der Waals surface area contributed by atoms with Gasteiger partial charge in [-0.25, -0.2) is 0 Å². The van der Waals surface area contributed by atoms with Gasteiger partial charge in [0.25, 0.3) is 0 Å². The zero-order valence-electron chi connectivity index (χ0n) is 9.89. The van der Waals surface area contributed by atoms with Crippen molar-refractivity contribution in [2.24, 2.45) is 0 Å². The lowest BCUT2D eigenvalue weighted by Gasteiger charge is -2.02. The van der Waals surface area contributed by atoms with Crippen molar-refractivity contribution < 1.29 is 4.79 Å². The van der Waals surface area contributed by atoms with Crippen LogP contribution in [0.15, 0.2) is 48.8 Å². The number of nitrogens with zero attached hydrogens (tertiary/aromatic N) is 1. The third kappa shape index (κ3) is 3.00. The summed E-state index contributed by atoms with van der Waals surface area (Å²) in [5.74, 6) is 0.136. The third-order valence-corrected chi connectivity index (χ3v) is 2.80. The zero-order valence-corrected chi connectivity index (χ0v) is 9.89. The number of rotatable bonds is 4. The lowest BCUT2D eigenvalue weighted by Crippen LogP contribution is -2.03. The predicted molar refractivity (Wildman–Crippen MR) is 68.1 cm³/mol. The van der Waals surface area contributed by atoms with Crippen molar-refractivity contribution in [1.82, 2.24) is 4.98 Å². The van der Waals surface area contributed by atoms with E-state index in [-0.39, 0.29) is 5.78 Å². The van der Waals surface area contributed by atoms with Gasteiger partial charge in [-0.15, -0.1) is 0 Å². The number of aryl methyl sites for hydroxylation is 1. The van der Waals surface area contributed by atoms with Crippen LogP contribution in [-0.2, 0) is 12.8 Å².